The minimum absolute atomic E-state index is 0.00852. The van der Waals surface area contributed by atoms with E-state index in [-0.39, 0.29) is 11.8 Å². The molecule has 1 aliphatic rings. The van der Waals surface area contributed by atoms with E-state index in [1.165, 1.54) is 32.1 Å². The number of piperidine rings is 1. The molecule has 3 N–H and O–H groups in total. The SMILES string of the molecule is CCCCCCCCNC(=O)N1CCC(C(C)=O)(N(CCN)c2ccccc2)CC1. The molecule has 168 valence electrons. The van der Waals surface area contributed by atoms with Gasteiger partial charge in [-0.15, -0.1) is 0 Å². The zero-order valence-corrected chi connectivity index (χ0v) is 18.9. The van der Waals surface area contributed by atoms with Crippen LogP contribution in [0.2, 0.25) is 0 Å². The molecule has 1 fully saturated rings. The van der Waals surface area contributed by atoms with Crippen molar-refractivity contribution in [2.45, 2.75) is 70.8 Å². The number of carbonyl (C=O) groups excluding carboxylic acids is 2. The molecular weight excluding hydrogens is 376 g/mol. The molecule has 1 heterocycles. The number of urea groups is 1. The highest BCUT2D eigenvalue weighted by Crippen LogP contribution is 2.34. The molecule has 2 amide bonds. The average molecular weight is 417 g/mol. The first-order chi connectivity index (χ1) is 14.5. The molecule has 6 nitrogen and oxygen atoms in total. The Hall–Kier alpha value is -2.08. The van der Waals surface area contributed by atoms with E-state index in [1.54, 1.807) is 6.92 Å². The average Bonchev–Trinajstić information content (AvgIpc) is 2.77. The van der Waals surface area contributed by atoms with Gasteiger partial charge in [0.2, 0.25) is 0 Å². The summed E-state index contributed by atoms with van der Waals surface area (Å²) in [5.41, 5.74) is 6.30. The number of benzene rings is 1. The van der Waals surface area contributed by atoms with E-state index < -0.39 is 5.54 Å². The number of unbranched alkanes of at least 4 members (excludes halogenated alkanes) is 5. The van der Waals surface area contributed by atoms with Crippen molar-refractivity contribution in [3.05, 3.63) is 30.3 Å². The van der Waals surface area contributed by atoms with E-state index >= 15 is 0 Å². The summed E-state index contributed by atoms with van der Waals surface area (Å²) in [5.74, 6) is 0.145. The van der Waals surface area contributed by atoms with Crippen molar-refractivity contribution in [2.24, 2.45) is 5.73 Å². The third kappa shape index (κ3) is 6.46. The number of carbonyl (C=O) groups is 2. The molecule has 0 aliphatic carbocycles. The Labute approximate surface area is 182 Å². The van der Waals surface area contributed by atoms with Crippen molar-refractivity contribution in [3.8, 4) is 0 Å². The summed E-state index contributed by atoms with van der Waals surface area (Å²) in [6.07, 6.45) is 8.51. The van der Waals surface area contributed by atoms with Crippen LogP contribution in [0.25, 0.3) is 0 Å². The highest BCUT2D eigenvalue weighted by Gasteiger charge is 2.44. The predicted molar refractivity (Wildman–Crippen MR) is 124 cm³/mol. The highest BCUT2D eigenvalue weighted by atomic mass is 16.2. The highest BCUT2D eigenvalue weighted by molar-refractivity contribution is 5.90. The molecule has 0 aromatic heterocycles. The number of nitrogens with two attached hydrogens (primary N) is 1. The monoisotopic (exact) mass is 416 g/mol. The van der Waals surface area contributed by atoms with Gasteiger partial charge in [0.1, 0.15) is 5.54 Å². The Morgan fingerprint density at radius 2 is 1.70 bits per heavy atom. The summed E-state index contributed by atoms with van der Waals surface area (Å²) in [6.45, 7) is 6.87. The maximum Gasteiger partial charge on any atom is 0.317 e. The van der Waals surface area contributed by atoms with Crippen LogP contribution >= 0.6 is 0 Å². The summed E-state index contributed by atoms with van der Waals surface area (Å²) in [7, 11) is 0. The molecule has 0 atom stereocenters. The summed E-state index contributed by atoms with van der Waals surface area (Å²) < 4.78 is 0. The zero-order chi connectivity index (χ0) is 21.8. The lowest BCUT2D eigenvalue weighted by atomic mass is 9.81. The molecule has 0 bridgehead atoms. The second-order valence-corrected chi connectivity index (χ2v) is 8.35. The van der Waals surface area contributed by atoms with E-state index in [1.807, 2.05) is 35.2 Å². The van der Waals surface area contributed by atoms with Crippen molar-refractivity contribution in [1.29, 1.82) is 0 Å². The number of amides is 2. The van der Waals surface area contributed by atoms with Crippen LogP contribution in [0.3, 0.4) is 0 Å². The standard InChI is InChI=1S/C24H40N4O2/c1-3-4-5-6-7-11-17-26-23(30)27-18-14-24(15-19-27,21(2)29)28(20-16-25)22-12-9-8-10-13-22/h8-10,12-13H,3-7,11,14-20,25H2,1-2H3,(H,26,30). The van der Waals surface area contributed by atoms with Crippen molar-refractivity contribution in [2.75, 3.05) is 37.6 Å². The predicted octanol–water partition coefficient (Wildman–Crippen LogP) is 3.95. The fourth-order valence-electron chi connectivity index (χ4n) is 4.43. The second kappa shape index (κ2) is 12.6. The fourth-order valence-corrected chi connectivity index (χ4v) is 4.43. The van der Waals surface area contributed by atoms with Gasteiger partial charge in [0, 0.05) is 38.4 Å². The first-order valence-electron chi connectivity index (χ1n) is 11.6. The molecule has 2 rings (SSSR count). The minimum atomic E-state index is -0.600. The van der Waals surface area contributed by atoms with Crippen LogP contribution in [0.4, 0.5) is 10.5 Å². The van der Waals surface area contributed by atoms with Crippen LogP contribution in [-0.2, 0) is 4.79 Å². The summed E-state index contributed by atoms with van der Waals surface area (Å²) in [5, 5.41) is 3.05. The number of anilines is 1. The summed E-state index contributed by atoms with van der Waals surface area (Å²) >= 11 is 0. The number of hydrogen-bond donors (Lipinski definition) is 2. The molecule has 30 heavy (non-hydrogen) atoms. The fraction of sp³-hybridized carbons (Fsp3) is 0.667. The van der Waals surface area contributed by atoms with Crippen molar-refractivity contribution in [1.82, 2.24) is 10.2 Å². The van der Waals surface area contributed by atoms with E-state index in [9.17, 15) is 9.59 Å². The number of nitrogens with zero attached hydrogens (tertiary/aromatic N) is 2. The maximum atomic E-state index is 12.8. The summed E-state index contributed by atoms with van der Waals surface area (Å²) in [4.78, 5) is 29.4. The number of para-hydroxylation sites is 1. The lowest BCUT2D eigenvalue weighted by Gasteiger charge is -2.48. The maximum absolute atomic E-state index is 12.8. The lowest BCUT2D eigenvalue weighted by Crippen LogP contribution is -2.62. The largest absolute Gasteiger partial charge is 0.357 e. The molecule has 0 spiro atoms. The van der Waals surface area contributed by atoms with E-state index in [0.29, 0.717) is 39.0 Å². The third-order valence-corrected chi connectivity index (χ3v) is 6.28. The van der Waals surface area contributed by atoms with E-state index in [0.717, 1.165) is 18.7 Å². The number of nitrogens with one attached hydrogen (secondary N) is 1. The molecule has 0 saturated carbocycles. The van der Waals surface area contributed by atoms with Crippen LogP contribution in [0.1, 0.15) is 65.2 Å². The molecular formula is C24H40N4O2. The quantitative estimate of drug-likeness (QED) is 0.506. The van der Waals surface area contributed by atoms with Gasteiger partial charge in [0.05, 0.1) is 0 Å². The molecule has 0 radical (unpaired) electrons. The van der Waals surface area contributed by atoms with Crippen molar-refractivity contribution in [3.63, 3.8) is 0 Å². The first-order valence-corrected chi connectivity index (χ1v) is 11.6. The van der Waals surface area contributed by atoms with E-state index in [4.69, 9.17) is 5.73 Å². The Bertz CT molecular complexity index is 642. The zero-order valence-electron chi connectivity index (χ0n) is 18.9. The van der Waals surface area contributed by atoms with E-state index in [2.05, 4.69) is 17.1 Å². The molecule has 1 aliphatic heterocycles. The molecule has 6 heteroatoms. The van der Waals surface area contributed by atoms with Crippen LogP contribution < -0.4 is 16.0 Å². The van der Waals surface area contributed by atoms with Gasteiger partial charge < -0.3 is 20.9 Å². The van der Waals surface area contributed by atoms with Gasteiger partial charge in [0.15, 0.2) is 5.78 Å². The number of ketones is 1. The molecule has 1 aromatic carbocycles. The topological polar surface area (TPSA) is 78.7 Å². The third-order valence-electron chi connectivity index (χ3n) is 6.28. The Morgan fingerprint density at radius 1 is 1.07 bits per heavy atom. The van der Waals surface area contributed by atoms with Crippen LogP contribution in [0.15, 0.2) is 30.3 Å². The van der Waals surface area contributed by atoms with Gasteiger partial charge >= 0.3 is 6.03 Å². The first kappa shape index (κ1) is 24.2. The van der Waals surface area contributed by atoms with Crippen molar-refractivity contribution < 1.29 is 9.59 Å². The molecule has 1 aromatic rings. The van der Waals surface area contributed by atoms with Crippen LogP contribution in [0.5, 0.6) is 0 Å². The number of likely N-dealkylation sites (tertiary alicyclic amines) is 1. The molecule has 0 unspecified atom stereocenters. The number of hydrogen-bond acceptors (Lipinski definition) is 4. The Kier molecular flexibility index (Phi) is 10.1. The van der Waals surface area contributed by atoms with Gasteiger partial charge in [-0.05, 0) is 38.3 Å². The van der Waals surface area contributed by atoms with Crippen molar-refractivity contribution >= 4 is 17.5 Å². The molecule has 1 saturated heterocycles. The number of Topliss-reactive ketones (excluding diaryl/α,β-unsaturated/α-hetero) is 1. The number of rotatable bonds is 12. The van der Waals surface area contributed by atoms with Gasteiger partial charge in [-0.25, -0.2) is 4.79 Å². The van der Waals surface area contributed by atoms with Gasteiger partial charge in [0.25, 0.3) is 0 Å². The smallest absolute Gasteiger partial charge is 0.317 e. The second-order valence-electron chi connectivity index (χ2n) is 8.35. The normalized spacial score (nSPS) is 15.6. The van der Waals surface area contributed by atoms with Gasteiger partial charge in [-0.1, -0.05) is 57.2 Å². The Balaban J connectivity index is 1.91. The summed E-state index contributed by atoms with van der Waals surface area (Å²) in [6, 6.07) is 9.99. The van der Waals surface area contributed by atoms with Gasteiger partial charge in [-0.2, -0.15) is 0 Å². The lowest BCUT2D eigenvalue weighted by molar-refractivity contribution is -0.123. The van der Waals surface area contributed by atoms with Crippen LogP contribution in [-0.4, -0.2) is 55.0 Å². The minimum Gasteiger partial charge on any atom is -0.357 e. The Morgan fingerprint density at radius 3 is 2.30 bits per heavy atom. The van der Waals surface area contributed by atoms with Crippen LogP contribution in [0, 0.1) is 0 Å². The van der Waals surface area contributed by atoms with Gasteiger partial charge in [-0.3, -0.25) is 4.79 Å².